The van der Waals surface area contributed by atoms with Crippen LogP contribution in [0, 0.1) is 0 Å². The van der Waals surface area contributed by atoms with Crippen LogP contribution in [0.3, 0.4) is 0 Å². The van der Waals surface area contributed by atoms with Crippen LogP contribution in [0.2, 0.25) is 0 Å². The molecule has 0 saturated heterocycles. The number of benzene rings is 1. The molecule has 0 saturated carbocycles. The molecule has 1 aliphatic rings. The Morgan fingerprint density at radius 2 is 1.85 bits per heavy atom. The molecular weight excluding hydrogens is 338 g/mol. The van der Waals surface area contributed by atoms with Crippen molar-refractivity contribution in [3.05, 3.63) is 34.9 Å². The van der Waals surface area contributed by atoms with Crippen molar-refractivity contribution in [2.45, 2.75) is 89.5 Å². The van der Waals surface area contributed by atoms with Gasteiger partial charge < -0.3 is 15.5 Å². The molecular formula is C23H37NO3. The molecule has 0 radical (unpaired) electrons. The Morgan fingerprint density at radius 3 is 2.52 bits per heavy atom. The number of hydrogen-bond donors (Lipinski definition) is 3. The highest BCUT2D eigenvalue weighted by atomic mass is 16.3. The highest BCUT2D eigenvalue weighted by Gasteiger charge is 2.35. The Hall–Kier alpha value is -1.39. The largest absolute Gasteiger partial charge is 0.394 e. The lowest BCUT2D eigenvalue weighted by Crippen LogP contribution is -2.54. The highest BCUT2D eigenvalue weighted by Crippen LogP contribution is 2.39. The third-order valence-electron chi connectivity index (χ3n) is 5.91. The van der Waals surface area contributed by atoms with Crippen molar-refractivity contribution in [2.75, 3.05) is 13.2 Å². The van der Waals surface area contributed by atoms with Crippen LogP contribution in [0.4, 0.5) is 0 Å². The summed E-state index contributed by atoms with van der Waals surface area (Å²) in [5, 5.41) is 22.3. The van der Waals surface area contributed by atoms with E-state index in [2.05, 4.69) is 30.4 Å². The lowest BCUT2D eigenvalue weighted by Gasteiger charge is -2.33. The van der Waals surface area contributed by atoms with Gasteiger partial charge in [0.15, 0.2) is 0 Å². The minimum absolute atomic E-state index is 0.217. The van der Waals surface area contributed by atoms with Gasteiger partial charge in [0.1, 0.15) is 0 Å². The second kappa shape index (κ2) is 10.8. The van der Waals surface area contributed by atoms with Crippen molar-refractivity contribution in [2.24, 2.45) is 0 Å². The van der Waals surface area contributed by atoms with E-state index >= 15 is 0 Å². The smallest absolute Gasteiger partial charge is 0.217 e. The number of fused-ring (bicyclic) bond motifs is 1. The summed E-state index contributed by atoms with van der Waals surface area (Å²) in [6.45, 7) is 3.19. The van der Waals surface area contributed by atoms with Gasteiger partial charge in [0.25, 0.3) is 0 Å². The van der Waals surface area contributed by atoms with Gasteiger partial charge in [-0.2, -0.15) is 0 Å². The van der Waals surface area contributed by atoms with Crippen LogP contribution >= 0.6 is 0 Å². The molecule has 4 nitrogen and oxygen atoms in total. The molecule has 3 N–H and O–H groups in total. The molecule has 152 valence electrons. The normalized spacial score (nSPS) is 16.4. The van der Waals surface area contributed by atoms with E-state index in [4.69, 9.17) is 0 Å². The van der Waals surface area contributed by atoms with Crippen molar-refractivity contribution in [3.8, 4) is 0 Å². The van der Waals surface area contributed by atoms with Gasteiger partial charge >= 0.3 is 0 Å². The summed E-state index contributed by atoms with van der Waals surface area (Å²) < 4.78 is 0. The molecule has 27 heavy (non-hydrogen) atoms. The monoisotopic (exact) mass is 375 g/mol. The molecule has 2 rings (SSSR count). The maximum absolute atomic E-state index is 11.5. The molecule has 1 aromatic rings. The number of rotatable bonds is 12. The van der Waals surface area contributed by atoms with Gasteiger partial charge in [-0.1, -0.05) is 57.2 Å². The second-order valence-corrected chi connectivity index (χ2v) is 8.27. The number of aryl methyl sites for hydroxylation is 2. The van der Waals surface area contributed by atoms with Crippen LogP contribution in [-0.2, 0) is 17.6 Å². The van der Waals surface area contributed by atoms with Gasteiger partial charge in [-0.15, -0.1) is 0 Å². The SMILES string of the molecule is CCCCCCCCc1ccc2c(c1)CCC2CC(CO)(CO)NC(C)=O. The summed E-state index contributed by atoms with van der Waals surface area (Å²) in [7, 11) is 0. The molecule has 1 atom stereocenters. The number of hydrogen-bond acceptors (Lipinski definition) is 3. The van der Waals surface area contributed by atoms with Gasteiger partial charge in [-0.3, -0.25) is 4.79 Å². The molecule has 1 amide bonds. The molecule has 1 aliphatic carbocycles. The standard InChI is InChI=1S/C23H37NO3/c1-3-4-5-6-7-8-9-19-10-13-22-20(14-19)11-12-21(22)15-23(16-25,17-26)24-18(2)27/h10,13-14,21,25-26H,3-9,11-12,15-17H2,1-2H3,(H,24,27). The molecule has 4 heteroatoms. The zero-order valence-electron chi connectivity index (χ0n) is 17.1. The van der Waals surface area contributed by atoms with Crippen LogP contribution in [0.15, 0.2) is 18.2 Å². The van der Waals surface area contributed by atoms with Crippen molar-refractivity contribution in [3.63, 3.8) is 0 Å². The third kappa shape index (κ3) is 6.32. The summed E-state index contributed by atoms with van der Waals surface area (Å²) in [5.74, 6) is 0.0554. The summed E-state index contributed by atoms with van der Waals surface area (Å²) >= 11 is 0. The van der Waals surface area contributed by atoms with Crippen molar-refractivity contribution in [1.82, 2.24) is 5.32 Å². The first-order chi connectivity index (χ1) is 13.0. The predicted molar refractivity (Wildman–Crippen MR) is 110 cm³/mol. The summed E-state index contributed by atoms with van der Waals surface area (Å²) in [6.07, 6.45) is 11.7. The van der Waals surface area contributed by atoms with Crippen molar-refractivity contribution in [1.29, 1.82) is 0 Å². The van der Waals surface area contributed by atoms with Crippen LogP contribution in [-0.4, -0.2) is 34.9 Å². The number of aliphatic hydroxyl groups is 2. The average Bonchev–Trinajstić information content (AvgIpc) is 3.05. The zero-order valence-corrected chi connectivity index (χ0v) is 17.1. The first-order valence-corrected chi connectivity index (χ1v) is 10.7. The molecule has 1 unspecified atom stereocenters. The van der Waals surface area contributed by atoms with E-state index in [0.29, 0.717) is 6.42 Å². The van der Waals surface area contributed by atoms with Gasteiger partial charge in [0.2, 0.25) is 5.91 Å². The summed E-state index contributed by atoms with van der Waals surface area (Å²) in [6, 6.07) is 6.81. The zero-order chi connectivity index (χ0) is 19.7. The fourth-order valence-electron chi connectivity index (χ4n) is 4.39. The molecule has 0 bridgehead atoms. The van der Waals surface area contributed by atoms with E-state index in [9.17, 15) is 15.0 Å². The van der Waals surface area contributed by atoms with E-state index in [1.165, 1.54) is 62.1 Å². The minimum Gasteiger partial charge on any atom is -0.394 e. The van der Waals surface area contributed by atoms with E-state index in [-0.39, 0.29) is 25.0 Å². The number of unbranched alkanes of at least 4 members (excludes halogenated alkanes) is 5. The molecule has 0 heterocycles. The van der Waals surface area contributed by atoms with Crippen LogP contribution in [0.5, 0.6) is 0 Å². The van der Waals surface area contributed by atoms with Gasteiger partial charge in [0.05, 0.1) is 18.8 Å². The number of amides is 1. The summed E-state index contributed by atoms with van der Waals surface area (Å²) in [4.78, 5) is 11.5. The minimum atomic E-state index is -0.935. The van der Waals surface area contributed by atoms with E-state index in [0.717, 1.165) is 19.3 Å². The molecule has 0 aromatic heterocycles. The first kappa shape index (κ1) is 21.9. The Balaban J connectivity index is 1.94. The number of aliphatic hydroxyl groups excluding tert-OH is 2. The lowest BCUT2D eigenvalue weighted by atomic mass is 9.84. The Kier molecular flexibility index (Phi) is 8.78. The molecule has 0 spiro atoms. The second-order valence-electron chi connectivity index (χ2n) is 8.27. The van der Waals surface area contributed by atoms with E-state index in [1.807, 2.05) is 0 Å². The predicted octanol–water partition coefficient (Wildman–Crippen LogP) is 3.87. The molecule has 0 aliphatic heterocycles. The van der Waals surface area contributed by atoms with Crippen LogP contribution in [0.1, 0.15) is 87.8 Å². The van der Waals surface area contributed by atoms with Gasteiger partial charge in [-0.25, -0.2) is 0 Å². The molecule has 0 fully saturated rings. The van der Waals surface area contributed by atoms with Crippen molar-refractivity contribution >= 4 is 5.91 Å². The van der Waals surface area contributed by atoms with E-state index < -0.39 is 5.54 Å². The van der Waals surface area contributed by atoms with Gasteiger partial charge in [0, 0.05) is 6.92 Å². The van der Waals surface area contributed by atoms with Gasteiger partial charge in [-0.05, 0) is 54.7 Å². The average molecular weight is 376 g/mol. The van der Waals surface area contributed by atoms with Crippen molar-refractivity contribution < 1.29 is 15.0 Å². The topological polar surface area (TPSA) is 69.6 Å². The fraction of sp³-hybridized carbons (Fsp3) is 0.696. The lowest BCUT2D eigenvalue weighted by molar-refractivity contribution is -0.122. The Morgan fingerprint density at radius 1 is 1.15 bits per heavy atom. The number of carbonyl (C=O) groups is 1. The first-order valence-electron chi connectivity index (χ1n) is 10.7. The van der Waals surface area contributed by atoms with Crippen LogP contribution in [0.25, 0.3) is 0 Å². The van der Waals surface area contributed by atoms with E-state index in [1.54, 1.807) is 0 Å². The molecule has 1 aromatic carbocycles. The maximum atomic E-state index is 11.5. The number of nitrogens with one attached hydrogen (secondary N) is 1. The number of carbonyl (C=O) groups excluding carboxylic acids is 1. The Labute approximate surface area is 164 Å². The third-order valence-corrected chi connectivity index (χ3v) is 5.91. The fourth-order valence-corrected chi connectivity index (χ4v) is 4.39. The maximum Gasteiger partial charge on any atom is 0.217 e. The van der Waals surface area contributed by atoms with Crippen LogP contribution < -0.4 is 5.32 Å². The highest BCUT2D eigenvalue weighted by molar-refractivity contribution is 5.73. The summed E-state index contributed by atoms with van der Waals surface area (Å²) in [5.41, 5.74) is 3.20. The Bertz CT molecular complexity index is 595. The quantitative estimate of drug-likeness (QED) is 0.486.